The Hall–Kier alpha value is -1.01. The molecule has 0 aromatic heterocycles. The molecule has 1 aromatic carbocycles. The van der Waals surface area contributed by atoms with Crippen molar-refractivity contribution in [1.82, 2.24) is 0 Å². The summed E-state index contributed by atoms with van der Waals surface area (Å²) in [7, 11) is 0. The lowest BCUT2D eigenvalue weighted by atomic mass is 9.75. The first-order valence-electron chi connectivity index (χ1n) is 5.63. The summed E-state index contributed by atoms with van der Waals surface area (Å²) in [6, 6.07) is 1.92. The number of rotatable bonds is 3. The summed E-state index contributed by atoms with van der Waals surface area (Å²) in [6.45, 7) is 0. The Morgan fingerprint density at radius 3 is 2.61 bits per heavy atom. The third kappa shape index (κ3) is 2.87. The molecule has 18 heavy (non-hydrogen) atoms. The van der Waals surface area contributed by atoms with Crippen molar-refractivity contribution >= 4 is 27.5 Å². The van der Waals surface area contributed by atoms with E-state index >= 15 is 0 Å². The van der Waals surface area contributed by atoms with Gasteiger partial charge in [-0.25, -0.2) is 8.78 Å². The third-order valence-corrected chi connectivity index (χ3v) is 3.75. The smallest absolute Gasteiger partial charge is 0.226 e. The lowest BCUT2D eigenvalue weighted by molar-refractivity contribution is -0.118. The van der Waals surface area contributed by atoms with Gasteiger partial charge in [0.05, 0.1) is 10.2 Å². The molecule has 3 N–H and O–H groups in total. The molecule has 0 radical (unpaired) electrons. The molecule has 0 aliphatic heterocycles. The van der Waals surface area contributed by atoms with Gasteiger partial charge in [-0.05, 0) is 41.3 Å². The summed E-state index contributed by atoms with van der Waals surface area (Å²) < 4.78 is 26.7. The molecule has 6 heteroatoms. The van der Waals surface area contributed by atoms with Gasteiger partial charge in [0.1, 0.15) is 11.6 Å². The van der Waals surface area contributed by atoms with E-state index in [0.29, 0.717) is 0 Å². The Labute approximate surface area is 112 Å². The van der Waals surface area contributed by atoms with Gasteiger partial charge in [-0.1, -0.05) is 0 Å². The van der Waals surface area contributed by atoms with E-state index in [1.807, 2.05) is 0 Å². The predicted molar refractivity (Wildman–Crippen MR) is 68.1 cm³/mol. The van der Waals surface area contributed by atoms with Gasteiger partial charge in [0.25, 0.3) is 0 Å². The molecule has 0 unspecified atom stereocenters. The Morgan fingerprint density at radius 1 is 1.39 bits per heavy atom. The number of hydrogen-bond donors (Lipinski definition) is 2. The van der Waals surface area contributed by atoms with Crippen LogP contribution in [0.25, 0.3) is 0 Å². The largest absolute Gasteiger partial charge is 0.325 e. The van der Waals surface area contributed by atoms with E-state index < -0.39 is 23.1 Å². The van der Waals surface area contributed by atoms with Crippen molar-refractivity contribution < 1.29 is 13.6 Å². The summed E-state index contributed by atoms with van der Waals surface area (Å²) in [4.78, 5) is 11.7. The van der Waals surface area contributed by atoms with Gasteiger partial charge in [0, 0.05) is 18.0 Å². The minimum atomic E-state index is -0.684. The lowest BCUT2D eigenvalue weighted by Gasteiger charge is -2.37. The zero-order chi connectivity index (χ0) is 13.3. The number of hydrogen-bond acceptors (Lipinski definition) is 2. The van der Waals surface area contributed by atoms with Crippen LogP contribution in [-0.4, -0.2) is 11.4 Å². The van der Waals surface area contributed by atoms with Crippen LogP contribution in [0.2, 0.25) is 0 Å². The molecule has 2 rings (SSSR count). The molecule has 1 amide bonds. The van der Waals surface area contributed by atoms with E-state index in [1.165, 1.54) is 0 Å². The highest BCUT2D eigenvalue weighted by atomic mass is 79.9. The summed E-state index contributed by atoms with van der Waals surface area (Å²) in [5, 5.41) is 2.35. The fourth-order valence-corrected chi connectivity index (χ4v) is 2.26. The SMILES string of the molecule is NC1(CC(=O)Nc2cc(F)c(Br)cc2F)CCC1. The van der Waals surface area contributed by atoms with Crippen molar-refractivity contribution in [3.05, 3.63) is 28.2 Å². The average molecular weight is 319 g/mol. The molecule has 1 fully saturated rings. The van der Waals surface area contributed by atoms with E-state index in [0.717, 1.165) is 31.4 Å². The molecule has 3 nitrogen and oxygen atoms in total. The van der Waals surface area contributed by atoms with Gasteiger partial charge < -0.3 is 11.1 Å². The van der Waals surface area contributed by atoms with Gasteiger partial charge in [-0.3, -0.25) is 4.79 Å². The first-order chi connectivity index (χ1) is 8.39. The number of halogens is 3. The first-order valence-corrected chi connectivity index (χ1v) is 6.42. The molecule has 0 heterocycles. The summed E-state index contributed by atoms with van der Waals surface area (Å²) in [5.41, 5.74) is 5.27. The van der Waals surface area contributed by atoms with Crippen molar-refractivity contribution in [1.29, 1.82) is 0 Å². The zero-order valence-corrected chi connectivity index (χ0v) is 11.2. The van der Waals surface area contributed by atoms with Crippen LogP contribution < -0.4 is 11.1 Å². The average Bonchev–Trinajstić information content (AvgIpc) is 2.23. The highest BCUT2D eigenvalue weighted by Gasteiger charge is 2.34. The number of carbonyl (C=O) groups excluding carboxylic acids is 1. The van der Waals surface area contributed by atoms with Crippen LogP contribution in [0.5, 0.6) is 0 Å². The number of nitrogens with one attached hydrogen (secondary N) is 1. The van der Waals surface area contributed by atoms with Gasteiger partial charge in [0.2, 0.25) is 5.91 Å². The number of amides is 1. The first kappa shape index (κ1) is 13.4. The molecule has 1 aliphatic rings. The summed E-state index contributed by atoms with van der Waals surface area (Å²) in [5.74, 6) is -1.70. The molecule has 0 atom stereocenters. The van der Waals surface area contributed by atoms with E-state index in [-0.39, 0.29) is 16.6 Å². The Kier molecular flexibility index (Phi) is 3.68. The molecule has 0 spiro atoms. The molecule has 0 bridgehead atoms. The van der Waals surface area contributed by atoms with Crippen molar-refractivity contribution in [2.75, 3.05) is 5.32 Å². The molecule has 0 saturated heterocycles. The van der Waals surface area contributed by atoms with Gasteiger partial charge in [0.15, 0.2) is 0 Å². The molecule has 98 valence electrons. The van der Waals surface area contributed by atoms with Crippen LogP contribution in [0.1, 0.15) is 25.7 Å². The minimum Gasteiger partial charge on any atom is -0.325 e. The van der Waals surface area contributed by atoms with Crippen molar-refractivity contribution in [2.45, 2.75) is 31.2 Å². The second kappa shape index (κ2) is 4.93. The molecule has 1 aromatic rings. The van der Waals surface area contributed by atoms with Crippen molar-refractivity contribution in [3.63, 3.8) is 0 Å². The van der Waals surface area contributed by atoms with Crippen LogP contribution >= 0.6 is 15.9 Å². The monoisotopic (exact) mass is 318 g/mol. The standard InChI is InChI=1S/C12H13BrF2N2O/c13-7-4-9(15)10(5-8(7)14)17-11(18)6-12(16)2-1-3-12/h4-5H,1-3,6,16H2,(H,17,18). The van der Waals surface area contributed by atoms with E-state index in [9.17, 15) is 13.6 Å². The Bertz CT molecular complexity index is 489. The number of carbonyl (C=O) groups is 1. The molecule has 1 saturated carbocycles. The predicted octanol–water partition coefficient (Wildman–Crippen LogP) is 2.94. The lowest BCUT2D eigenvalue weighted by Crippen LogP contribution is -2.49. The number of nitrogens with two attached hydrogens (primary N) is 1. The number of benzene rings is 1. The van der Waals surface area contributed by atoms with Crippen LogP contribution in [0.4, 0.5) is 14.5 Å². The Morgan fingerprint density at radius 2 is 2.06 bits per heavy atom. The quantitative estimate of drug-likeness (QED) is 0.842. The molecule has 1 aliphatic carbocycles. The van der Waals surface area contributed by atoms with Crippen LogP contribution in [0.3, 0.4) is 0 Å². The molecular formula is C12H13BrF2N2O. The van der Waals surface area contributed by atoms with E-state index in [2.05, 4.69) is 21.2 Å². The highest BCUT2D eigenvalue weighted by molar-refractivity contribution is 9.10. The van der Waals surface area contributed by atoms with Gasteiger partial charge in [-0.15, -0.1) is 0 Å². The van der Waals surface area contributed by atoms with Gasteiger partial charge >= 0.3 is 0 Å². The highest BCUT2D eigenvalue weighted by Crippen LogP contribution is 2.32. The van der Waals surface area contributed by atoms with Gasteiger partial charge in [-0.2, -0.15) is 0 Å². The maximum atomic E-state index is 13.5. The van der Waals surface area contributed by atoms with Crippen molar-refractivity contribution in [3.8, 4) is 0 Å². The van der Waals surface area contributed by atoms with E-state index in [4.69, 9.17) is 5.73 Å². The second-order valence-corrected chi connectivity index (χ2v) is 5.54. The zero-order valence-electron chi connectivity index (χ0n) is 9.60. The molecular weight excluding hydrogens is 306 g/mol. The van der Waals surface area contributed by atoms with E-state index in [1.54, 1.807) is 0 Å². The minimum absolute atomic E-state index is 0.0206. The van der Waals surface area contributed by atoms with Crippen LogP contribution in [0.15, 0.2) is 16.6 Å². The van der Waals surface area contributed by atoms with Crippen molar-refractivity contribution in [2.24, 2.45) is 5.73 Å². The maximum Gasteiger partial charge on any atom is 0.226 e. The Balaban J connectivity index is 2.05. The van der Waals surface area contributed by atoms with Crippen LogP contribution in [-0.2, 0) is 4.79 Å². The fourth-order valence-electron chi connectivity index (χ4n) is 1.94. The fraction of sp³-hybridized carbons (Fsp3) is 0.417. The van der Waals surface area contributed by atoms with Crippen LogP contribution in [0, 0.1) is 11.6 Å². The second-order valence-electron chi connectivity index (χ2n) is 4.69. The normalized spacial score (nSPS) is 17.1. The third-order valence-electron chi connectivity index (χ3n) is 3.15. The number of anilines is 1. The maximum absolute atomic E-state index is 13.5. The summed E-state index contributed by atoms with van der Waals surface area (Å²) >= 11 is 2.87. The topological polar surface area (TPSA) is 55.1 Å². The summed E-state index contributed by atoms with van der Waals surface area (Å²) in [6.07, 6.45) is 2.71.